The van der Waals surface area contributed by atoms with Crippen molar-refractivity contribution >= 4 is 11.4 Å². The zero-order valence-corrected chi connectivity index (χ0v) is 12.9. The molecule has 0 saturated heterocycles. The molecular formula is C16H8F8N2O. The monoisotopic (exact) mass is 396 g/mol. The highest BCUT2D eigenvalue weighted by Gasteiger charge is 2.74. The van der Waals surface area contributed by atoms with Crippen LogP contribution >= 0.6 is 0 Å². The van der Waals surface area contributed by atoms with E-state index in [9.17, 15) is 35.1 Å². The van der Waals surface area contributed by atoms with Crippen LogP contribution in [0.15, 0.2) is 36.4 Å². The number of halogens is 8. The Morgan fingerprint density at radius 1 is 0.667 bits per heavy atom. The van der Waals surface area contributed by atoms with Gasteiger partial charge < -0.3 is 15.4 Å². The predicted molar refractivity (Wildman–Crippen MR) is 76.6 cm³/mol. The average Bonchev–Trinajstić information content (AvgIpc) is 2.54. The first-order valence-electron chi connectivity index (χ1n) is 7.40. The van der Waals surface area contributed by atoms with Gasteiger partial charge in [-0.05, 0) is 36.4 Å². The summed E-state index contributed by atoms with van der Waals surface area (Å²) in [5.41, 5.74) is -10.5. The van der Waals surface area contributed by atoms with Crippen LogP contribution in [0, 0.1) is 11.6 Å². The predicted octanol–water partition coefficient (Wildman–Crippen LogP) is 4.96. The first-order valence-corrected chi connectivity index (χ1v) is 7.40. The lowest BCUT2D eigenvalue weighted by Crippen LogP contribution is -2.67. The molecule has 0 fully saturated rings. The molecule has 2 heterocycles. The Balaban J connectivity index is 2.11. The molecule has 27 heavy (non-hydrogen) atoms. The third-order valence-corrected chi connectivity index (χ3v) is 4.45. The Morgan fingerprint density at radius 3 is 1.37 bits per heavy atom. The smallest absolute Gasteiger partial charge is 0.346 e. The van der Waals surface area contributed by atoms with Gasteiger partial charge in [-0.25, -0.2) is 8.78 Å². The van der Waals surface area contributed by atoms with Crippen molar-refractivity contribution in [2.45, 2.75) is 23.8 Å². The molecular weight excluding hydrogens is 388 g/mol. The highest BCUT2D eigenvalue weighted by molar-refractivity contribution is 5.69. The quantitative estimate of drug-likeness (QED) is 0.618. The minimum Gasteiger partial charge on any atom is -0.346 e. The van der Waals surface area contributed by atoms with Gasteiger partial charge in [0.1, 0.15) is 11.6 Å². The van der Waals surface area contributed by atoms with Crippen molar-refractivity contribution in [1.82, 2.24) is 0 Å². The first-order chi connectivity index (χ1) is 12.4. The summed E-state index contributed by atoms with van der Waals surface area (Å²) < 4.78 is 116. The number of benzene rings is 2. The maximum absolute atomic E-state index is 14.0. The van der Waals surface area contributed by atoms with Crippen LogP contribution in [-0.4, -0.2) is 12.4 Å². The molecule has 2 aliphatic rings. The number of fused-ring (bicyclic) bond motifs is 6. The molecule has 0 aromatic heterocycles. The fourth-order valence-corrected chi connectivity index (χ4v) is 3.30. The summed E-state index contributed by atoms with van der Waals surface area (Å²) >= 11 is 0. The van der Waals surface area contributed by atoms with Crippen LogP contribution in [0.25, 0.3) is 0 Å². The Labute approximate surface area is 145 Å². The molecule has 2 bridgehead atoms. The Morgan fingerprint density at radius 2 is 1.04 bits per heavy atom. The van der Waals surface area contributed by atoms with Crippen molar-refractivity contribution in [3.05, 3.63) is 59.2 Å². The van der Waals surface area contributed by atoms with E-state index in [1.165, 1.54) is 0 Å². The summed E-state index contributed by atoms with van der Waals surface area (Å²) in [6.45, 7) is 0. The summed E-state index contributed by atoms with van der Waals surface area (Å²) in [5, 5.41) is 3.74. The van der Waals surface area contributed by atoms with Crippen LogP contribution in [-0.2, 0) is 16.2 Å². The molecule has 2 aromatic rings. The van der Waals surface area contributed by atoms with E-state index in [1.54, 1.807) is 0 Å². The highest BCUT2D eigenvalue weighted by atomic mass is 19.4. The molecule has 2 aliphatic heterocycles. The molecule has 2 unspecified atom stereocenters. The molecule has 0 aliphatic carbocycles. The Hall–Kier alpha value is -2.56. The average molecular weight is 396 g/mol. The van der Waals surface area contributed by atoms with Crippen LogP contribution in [0.5, 0.6) is 0 Å². The lowest BCUT2D eigenvalue weighted by Gasteiger charge is -2.54. The minimum absolute atomic E-state index is 0.428. The third kappa shape index (κ3) is 2.23. The second-order valence-electron chi connectivity index (χ2n) is 6.09. The standard InChI is InChI=1S/C16H8F8N2O/c17-7-1-3-11-9(5-7)13(15(19,20)21)26-12-4-2-8(18)6-10(12)14(25-11,27-13)16(22,23)24/h1-6,25-26H. The van der Waals surface area contributed by atoms with Gasteiger partial charge in [-0.1, -0.05) is 0 Å². The zero-order chi connectivity index (χ0) is 19.8. The topological polar surface area (TPSA) is 33.3 Å². The maximum Gasteiger partial charge on any atom is 0.441 e. The van der Waals surface area contributed by atoms with Gasteiger partial charge in [0.25, 0.3) is 11.4 Å². The van der Waals surface area contributed by atoms with Gasteiger partial charge in [-0.3, -0.25) is 0 Å². The third-order valence-electron chi connectivity index (χ3n) is 4.45. The maximum atomic E-state index is 14.0. The molecule has 0 radical (unpaired) electrons. The largest absolute Gasteiger partial charge is 0.441 e. The van der Waals surface area contributed by atoms with Gasteiger partial charge in [0.15, 0.2) is 0 Å². The van der Waals surface area contributed by atoms with Crippen molar-refractivity contribution in [3.63, 3.8) is 0 Å². The van der Waals surface area contributed by atoms with E-state index in [2.05, 4.69) is 4.74 Å². The van der Waals surface area contributed by atoms with Gasteiger partial charge in [0.2, 0.25) is 0 Å². The van der Waals surface area contributed by atoms with E-state index in [1.807, 2.05) is 10.6 Å². The molecule has 2 aromatic carbocycles. The number of rotatable bonds is 0. The van der Waals surface area contributed by atoms with E-state index in [0.29, 0.717) is 24.3 Å². The summed E-state index contributed by atoms with van der Waals surface area (Å²) in [5.74, 6) is -2.21. The van der Waals surface area contributed by atoms with Crippen molar-refractivity contribution < 1.29 is 39.9 Å². The van der Waals surface area contributed by atoms with E-state index in [0.717, 1.165) is 12.1 Å². The molecule has 11 heteroatoms. The van der Waals surface area contributed by atoms with Crippen molar-refractivity contribution in [2.75, 3.05) is 10.6 Å². The normalized spacial score (nSPS) is 26.5. The first kappa shape index (κ1) is 17.8. The number of alkyl halides is 6. The molecule has 144 valence electrons. The van der Waals surface area contributed by atoms with Crippen molar-refractivity contribution in [2.24, 2.45) is 0 Å². The summed E-state index contributed by atoms with van der Waals surface area (Å²) in [6, 6.07) is 3.73. The zero-order valence-electron chi connectivity index (χ0n) is 12.9. The van der Waals surface area contributed by atoms with Crippen LogP contribution in [0.3, 0.4) is 0 Å². The molecule has 0 spiro atoms. The lowest BCUT2D eigenvalue weighted by atomic mass is 9.87. The molecule has 4 rings (SSSR count). The second kappa shape index (κ2) is 5.03. The highest BCUT2D eigenvalue weighted by Crippen LogP contribution is 2.61. The fourth-order valence-electron chi connectivity index (χ4n) is 3.30. The van der Waals surface area contributed by atoms with Gasteiger partial charge in [0, 0.05) is 22.5 Å². The van der Waals surface area contributed by atoms with Crippen LogP contribution < -0.4 is 10.6 Å². The Bertz CT molecular complexity index is 865. The number of hydrogen-bond donors (Lipinski definition) is 2. The van der Waals surface area contributed by atoms with Gasteiger partial charge in [-0.15, -0.1) is 0 Å². The van der Waals surface area contributed by atoms with Gasteiger partial charge in [-0.2, -0.15) is 26.3 Å². The molecule has 0 saturated carbocycles. The van der Waals surface area contributed by atoms with Gasteiger partial charge >= 0.3 is 12.4 Å². The van der Waals surface area contributed by atoms with E-state index < -0.39 is 57.9 Å². The molecule has 0 amide bonds. The van der Waals surface area contributed by atoms with Crippen LogP contribution in [0.1, 0.15) is 11.1 Å². The molecule has 3 nitrogen and oxygen atoms in total. The summed E-state index contributed by atoms with van der Waals surface area (Å²) in [7, 11) is 0. The SMILES string of the molecule is Fc1ccc2c(c1)C1(C(F)(F)F)Nc3ccc(F)cc3C(C(F)(F)F)(N2)O1. The van der Waals surface area contributed by atoms with Crippen molar-refractivity contribution in [3.8, 4) is 0 Å². The van der Waals surface area contributed by atoms with E-state index in [-0.39, 0.29) is 0 Å². The Kier molecular flexibility index (Phi) is 3.32. The number of anilines is 2. The second-order valence-corrected chi connectivity index (χ2v) is 6.09. The van der Waals surface area contributed by atoms with Crippen LogP contribution in [0.4, 0.5) is 46.5 Å². The van der Waals surface area contributed by atoms with Crippen molar-refractivity contribution in [1.29, 1.82) is 0 Å². The number of nitrogens with one attached hydrogen (secondary N) is 2. The molecule has 2 N–H and O–H groups in total. The number of ether oxygens (including phenoxy) is 1. The summed E-state index contributed by atoms with van der Waals surface area (Å²) in [4.78, 5) is 0. The van der Waals surface area contributed by atoms with Gasteiger partial charge in [0.05, 0.1) is 0 Å². The van der Waals surface area contributed by atoms with Crippen LogP contribution in [0.2, 0.25) is 0 Å². The minimum atomic E-state index is -5.42. The van der Waals surface area contributed by atoms with E-state index in [4.69, 9.17) is 0 Å². The number of hydrogen-bond acceptors (Lipinski definition) is 3. The molecule has 2 atom stereocenters. The van der Waals surface area contributed by atoms with E-state index >= 15 is 0 Å². The summed E-state index contributed by atoms with van der Waals surface area (Å²) in [6.07, 6.45) is -10.8. The fraction of sp³-hybridized carbons (Fsp3) is 0.250. The lowest BCUT2D eigenvalue weighted by molar-refractivity contribution is -0.369.